The zero-order chi connectivity index (χ0) is 19.6. The third kappa shape index (κ3) is 4.42. The smallest absolute Gasteiger partial charge is 0.295 e. The van der Waals surface area contributed by atoms with Crippen LogP contribution in [0, 0.1) is 13.8 Å². The highest BCUT2D eigenvalue weighted by Gasteiger charge is 2.24. The van der Waals surface area contributed by atoms with Gasteiger partial charge in [0.25, 0.3) is 5.91 Å². The SMILES string of the molecule is CCN(CC)CCN(C(=O)c1ccc(Br)o1)c1nc2cc(C)cc(C)c2s1. The summed E-state index contributed by atoms with van der Waals surface area (Å²) in [6, 6.07) is 7.65. The number of aromatic nitrogens is 1. The van der Waals surface area contributed by atoms with Crippen LogP contribution in [-0.4, -0.2) is 42.0 Å². The monoisotopic (exact) mass is 449 g/mol. The second-order valence-corrected chi connectivity index (χ2v) is 8.27. The van der Waals surface area contributed by atoms with Gasteiger partial charge in [0, 0.05) is 13.1 Å². The summed E-state index contributed by atoms with van der Waals surface area (Å²) < 4.78 is 7.18. The summed E-state index contributed by atoms with van der Waals surface area (Å²) in [4.78, 5) is 21.9. The number of anilines is 1. The van der Waals surface area contributed by atoms with E-state index in [4.69, 9.17) is 9.40 Å². The average molecular weight is 450 g/mol. The summed E-state index contributed by atoms with van der Waals surface area (Å²) in [5, 5.41) is 0.711. The van der Waals surface area contributed by atoms with E-state index in [-0.39, 0.29) is 5.91 Å². The van der Waals surface area contributed by atoms with Crippen molar-refractivity contribution in [3.8, 4) is 0 Å². The van der Waals surface area contributed by atoms with Crippen molar-refractivity contribution < 1.29 is 9.21 Å². The predicted molar refractivity (Wildman–Crippen MR) is 115 cm³/mol. The van der Waals surface area contributed by atoms with Gasteiger partial charge in [-0.15, -0.1) is 0 Å². The molecule has 0 bridgehead atoms. The topological polar surface area (TPSA) is 49.6 Å². The van der Waals surface area contributed by atoms with Crippen LogP contribution in [-0.2, 0) is 0 Å². The van der Waals surface area contributed by atoms with Gasteiger partial charge in [-0.1, -0.05) is 31.3 Å². The Balaban J connectivity index is 1.98. The average Bonchev–Trinajstić information content (AvgIpc) is 3.25. The zero-order valence-electron chi connectivity index (χ0n) is 16.1. The minimum absolute atomic E-state index is 0.165. The van der Waals surface area contributed by atoms with Crippen LogP contribution in [0.3, 0.4) is 0 Å². The van der Waals surface area contributed by atoms with E-state index >= 15 is 0 Å². The summed E-state index contributed by atoms with van der Waals surface area (Å²) in [6.07, 6.45) is 0. The van der Waals surface area contributed by atoms with E-state index in [0.29, 0.717) is 22.1 Å². The lowest BCUT2D eigenvalue weighted by atomic mass is 10.1. The Morgan fingerprint density at radius 2 is 1.93 bits per heavy atom. The third-order valence-corrected chi connectivity index (χ3v) is 6.26. The molecule has 0 saturated heterocycles. The molecular formula is C20H24BrN3O2S. The Bertz CT molecular complexity index is 946. The van der Waals surface area contributed by atoms with Crippen molar-refractivity contribution in [2.45, 2.75) is 27.7 Å². The van der Waals surface area contributed by atoms with Crippen molar-refractivity contribution in [1.82, 2.24) is 9.88 Å². The number of halogens is 1. The molecule has 1 aromatic carbocycles. The molecule has 0 aliphatic heterocycles. The number of fused-ring (bicyclic) bond motifs is 1. The first-order chi connectivity index (χ1) is 12.9. The zero-order valence-corrected chi connectivity index (χ0v) is 18.5. The van der Waals surface area contributed by atoms with Crippen molar-refractivity contribution in [2.75, 3.05) is 31.1 Å². The van der Waals surface area contributed by atoms with E-state index in [2.05, 4.69) is 60.7 Å². The molecule has 7 heteroatoms. The van der Waals surface area contributed by atoms with Gasteiger partial charge in [-0.3, -0.25) is 9.69 Å². The first-order valence-corrected chi connectivity index (χ1v) is 10.7. The van der Waals surface area contributed by atoms with Gasteiger partial charge in [-0.25, -0.2) is 4.98 Å². The third-order valence-electron chi connectivity index (χ3n) is 4.60. The number of amides is 1. The maximum absolute atomic E-state index is 13.1. The number of carbonyl (C=O) groups excluding carboxylic acids is 1. The van der Waals surface area contributed by atoms with Crippen LogP contribution < -0.4 is 4.90 Å². The number of aryl methyl sites for hydroxylation is 2. The molecule has 0 atom stereocenters. The fraction of sp³-hybridized carbons (Fsp3) is 0.400. The van der Waals surface area contributed by atoms with E-state index in [0.717, 1.165) is 29.9 Å². The summed E-state index contributed by atoms with van der Waals surface area (Å²) in [5.41, 5.74) is 3.30. The van der Waals surface area contributed by atoms with Crippen molar-refractivity contribution in [2.24, 2.45) is 0 Å². The number of likely N-dealkylation sites (N-methyl/N-ethyl adjacent to an activating group) is 1. The normalized spacial score (nSPS) is 11.5. The van der Waals surface area contributed by atoms with Gasteiger partial charge in [0.1, 0.15) is 0 Å². The van der Waals surface area contributed by atoms with Crippen LogP contribution in [0.15, 0.2) is 33.4 Å². The van der Waals surface area contributed by atoms with Crippen LogP contribution in [0.4, 0.5) is 5.13 Å². The molecule has 0 saturated carbocycles. The molecule has 5 nitrogen and oxygen atoms in total. The molecule has 3 rings (SSSR count). The van der Waals surface area contributed by atoms with Crippen molar-refractivity contribution >= 4 is 48.5 Å². The minimum atomic E-state index is -0.165. The van der Waals surface area contributed by atoms with Gasteiger partial charge in [0.05, 0.1) is 10.2 Å². The highest BCUT2D eigenvalue weighted by atomic mass is 79.9. The second kappa shape index (κ2) is 8.54. The lowest BCUT2D eigenvalue weighted by molar-refractivity contribution is 0.0956. The van der Waals surface area contributed by atoms with E-state index < -0.39 is 0 Å². The molecule has 0 aliphatic carbocycles. The molecule has 0 unspecified atom stereocenters. The molecule has 2 aromatic heterocycles. The van der Waals surface area contributed by atoms with Crippen molar-refractivity contribution in [1.29, 1.82) is 0 Å². The summed E-state index contributed by atoms with van der Waals surface area (Å²) in [7, 11) is 0. The standard InChI is InChI=1S/C20H24BrN3O2S/c1-5-23(6-2)9-10-24(19(25)16-7-8-17(21)26-16)20-22-15-12-13(3)11-14(4)18(15)27-20/h7-8,11-12H,5-6,9-10H2,1-4H3. The van der Waals surface area contributed by atoms with Crippen molar-refractivity contribution in [3.05, 3.63) is 45.8 Å². The fourth-order valence-electron chi connectivity index (χ4n) is 3.11. The van der Waals surface area contributed by atoms with Gasteiger partial charge >= 0.3 is 0 Å². The van der Waals surface area contributed by atoms with E-state index in [9.17, 15) is 4.79 Å². The molecule has 0 N–H and O–H groups in total. The first-order valence-electron chi connectivity index (χ1n) is 9.10. The molecule has 0 spiro atoms. The first kappa shape index (κ1) is 20.0. The Labute approximate surface area is 172 Å². The van der Waals surface area contributed by atoms with Crippen LogP contribution in [0.2, 0.25) is 0 Å². The number of rotatable bonds is 7. The molecule has 2 heterocycles. The van der Waals surface area contributed by atoms with E-state index in [1.54, 1.807) is 28.4 Å². The second-order valence-electron chi connectivity index (χ2n) is 6.51. The van der Waals surface area contributed by atoms with E-state index in [1.165, 1.54) is 11.1 Å². The number of carbonyl (C=O) groups is 1. The fourth-order valence-corrected chi connectivity index (χ4v) is 4.45. The lowest BCUT2D eigenvalue weighted by Crippen LogP contribution is -2.38. The maximum Gasteiger partial charge on any atom is 0.295 e. The number of thiazole rings is 1. The van der Waals surface area contributed by atoms with Gasteiger partial charge in [-0.05, 0) is 72.2 Å². The maximum atomic E-state index is 13.1. The Hall–Kier alpha value is -1.70. The highest BCUT2D eigenvalue weighted by molar-refractivity contribution is 9.10. The highest BCUT2D eigenvalue weighted by Crippen LogP contribution is 2.33. The molecule has 0 fully saturated rings. The molecule has 0 aliphatic rings. The molecule has 1 amide bonds. The number of benzene rings is 1. The van der Waals surface area contributed by atoms with Gasteiger partial charge in [0.15, 0.2) is 15.6 Å². The van der Waals surface area contributed by atoms with Crippen LogP contribution in [0.25, 0.3) is 10.2 Å². The molecule has 144 valence electrons. The summed E-state index contributed by atoms with van der Waals surface area (Å²) in [5.74, 6) is 0.148. The van der Waals surface area contributed by atoms with Crippen LogP contribution >= 0.6 is 27.3 Å². The molecule has 27 heavy (non-hydrogen) atoms. The van der Waals surface area contributed by atoms with Crippen molar-refractivity contribution in [3.63, 3.8) is 0 Å². The Morgan fingerprint density at radius 3 is 2.56 bits per heavy atom. The molecule has 3 aromatic rings. The number of hydrogen-bond donors (Lipinski definition) is 0. The Kier molecular flexibility index (Phi) is 6.34. The Morgan fingerprint density at radius 1 is 1.19 bits per heavy atom. The number of hydrogen-bond acceptors (Lipinski definition) is 5. The quantitative estimate of drug-likeness (QED) is 0.493. The molecule has 0 radical (unpaired) electrons. The minimum Gasteiger partial charge on any atom is -0.444 e. The summed E-state index contributed by atoms with van der Waals surface area (Å²) >= 11 is 4.84. The largest absolute Gasteiger partial charge is 0.444 e. The van der Waals surface area contributed by atoms with E-state index in [1.807, 2.05) is 0 Å². The van der Waals surface area contributed by atoms with Gasteiger partial charge in [-0.2, -0.15) is 0 Å². The van der Waals surface area contributed by atoms with Gasteiger partial charge in [0.2, 0.25) is 0 Å². The lowest BCUT2D eigenvalue weighted by Gasteiger charge is -2.24. The number of furan rings is 1. The van der Waals surface area contributed by atoms with Gasteiger partial charge < -0.3 is 9.32 Å². The van der Waals surface area contributed by atoms with Crippen LogP contribution in [0.5, 0.6) is 0 Å². The van der Waals surface area contributed by atoms with Crippen LogP contribution in [0.1, 0.15) is 35.5 Å². The molecular weight excluding hydrogens is 426 g/mol. The predicted octanol–water partition coefficient (Wildman–Crippen LogP) is 5.26. The number of nitrogens with zero attached hydrogens (tertiary/aromatic N) is 3. The summed E-state index contributed by atoms with van der Waals surface area (Å²) in [6.45, 7) is 11.7.